The van der Waals surface area contributed by atoms with Gasteiger partial charge in [0.2, 0.25) is 0 Å². The van der Waals surface area contributed by atoms with Crippen molar-refractivity contribution in [3.8, 4) is 0 Å². The van der Waals surface area contributed by atoms with Gasteiger partial charge in [0.05, 0.1) is 11.6 Å². The predicted molar refractivity (Wildman–Crippen MR) is 66.4 cm³/mol. The Labute approximate surface area is 107 Å². The third-order valence-electron chi connectivity index (χ3n) is 3.50. The zero-order valence-electron chi connectivity index (χ0n) is 11.3. The zero-order chi connectivity index (χ0) is 13.9. The molecule has 3 unspecified atom stereocenters. The minimum atomic E-state index is -1.03. The summed E-state index contributed by atoms with van der Waals surface area (Å²) in [6, 6.07) is -1.35. The lowest BCUT2D eigenvalue weighted by molar-refractivity contribution is -0.140. The molecule has 1 rings (SSSR count). The van der Waals surface area contributed by atoms with Crippen LogP contribution < -0.4 is 10.6 Å². The molecule has 0 saturated carbocycles. The van der Waals surface area contributed by atoms with Crippen molar-refractivity contribution in [1.29, 1.82) is 0 Å². The Morgan fingerprint density at radius 3 is 2.44 bits per heavy atom. The van der Waals surface area contributed by atoms with Crippen LogP contribution >= 0.6 is 0 Å². The Morgan fingerprint density at radius 1 is 1.44 bits per heavy atom. The number of hydrogen-bond donors (Lipinski definition) is 3. The topological polar surface area (TPSA) is 87.7 Å². The van der Waals surface area contributed by atoms with Crippen molar-refractivity contribution < 1.29 is 19.4 Å². The van der Waals surface area contributed by atoms with Crippen molar-refractivity contribution in [3.63, 3.8) is 0 Å². The molecule has 1 saturated heterocycles. The largest absolute Gasteiger partial charge is 0.480 e. The second kappa shape index (κ2) is 5.56. The molecule has 0 spiro atoms. The molecule has 1 heterocycles. The van der Waals surface area contributed by atoms with Gasteiger partial charge in [-0.15, -0.1) is 0 Å². The van der Waals surface area contributed by atoms with Crippen LogP contribution in [0.25, 0.3) is 0 Å². The number of ether oxygens (including phenoxy) is 1. The molecule has 0 aromatic rings. The number of carboxylic acid groups (broad SMARTS) is 1. The first-order valence-electron chi connectivity index (χ1n) is 6.19. The number of aliphatic carboxylic acids is 1. The van der Waals surface area contributed by atoms with E-state index in [9.17, 15) is 9.59 Å². The number of carbonyl (C=O) groups excluding carboxylic acids is 1. The second-order valence-electron chi connectivity index (χ2n) is 5.34. The van der Waals surface area contributed by atoms with Gasteiger partial charge in [-0.2, -0.15) is 0 Å². The predicted octanol–water partition coefficient (Wildman–Crippen LogP) is 0.962. The van der Waals surface area contributed by atoms with E-state index in [2.05, 4.69) is 10.6 Å². The summed E-state index contributed by atoms with van der Waals surface area (Å²) >= 11 is 0. The Bertz CT molecular complexity index is 332. The van der Waals surface area contributed by atoms with Crippen LogP contribution in [-0.2, 0) is 9.53 Å². The van der Waals surface area contributed by atoms with E-state index in [0.29, 0.717) is 6.61 Å². The quantitative estimate of drug-likeness (QED) is 0.701. The first kappa shape index (κ1) is 14.8. The van der Waals surface area contributed by atoms with Crippen molar-refractivity contribution >= 4 is 12.0 Å². The van der Waals surface area contributed by atoms with Crippen LogP contribution in [-0.4, -0.2) is 41.4 Å². The first-order chi connectivity index (χ1) is 8.26. The van der Waals surface area contributed by atoms with Gasteiger partial charge in [-0.05, 0) is 26.2 Å². The SMILES string of the molecule is CC(C)C(NC(=O)NC1(C)CCOC1C)C(=O)O. The van der Waals surface area contributed by atoms with E-state index in [0.717, 1.165) is 6.42 Å². The molecule has 3 N–H and O–H groups in total. The lowest BCUT2D eigenvalue weighted by Gasteiger charge is -2.30. The van der Waals surface area contributed by atoms with Gasteiger partial charge in [0.1, 0.15) is 6.04 Å². The third kappa shape index (κ3) is 3.35. The average molecular weight is 258 g/mol. The van der Waals surface area contributed by atoms with E-state index < -0.39 is 23.6 Å². The van der Waals surface area contributed by atoms with Crippen molar-refractivity contribution in [1.82, 2.24) is 10.6 Å². The molecule has 6 nitrogen and oxygen atoms in total. The van der Waals surface area contributed by atoms with Crippen molar-refractivity contribution in [2.24, 2.45) is 5.92 Å². The molecule has 104 valence electrons. The van der Waals surface area contributed by atoms with Gasteiger partial charge in [0.15, 0.2) is 0 Å². The standard InChI is InChI=1S/C12H22N2O4/c1-7(2)9(10(15)16)13-11(17)14-12(4)5-6-18-8(12)3/h7-9H,5-6H2,1-4H3,(H,15,16)(H2,13,14,17). The zero-order valence-corrected chi connectivity index (χ0v) is 11.3. The van der Waals surface area contributed by atoms with Crippen molar-refractivity contribution in [3.05, 3.63) is 0 Å². The van der Waals surface area contributed by atoms with Crippen LogP contribution in [0.15, 0.2) is 0 Å². The average Bonchev–Trinajstić information content (AvgIpc) is 2.54. The molecule has 1 aliphatic heterocycles. The van der Waals surface area contributed by atoms with Crippen molar-refractivity contribution in [2.75, 3.05) is 6.61 Å². The van der Waals surface area contributed by atoms with Crippen LogP contribution in [0, 0.1) is 5.92 Å². The number of hydrogen-bond acceptors (Lipinski definition) is 3. The van der Waals surface area contributed by atoms with Crippen LogP contribution in [0.3, 0.4) is 0 Å². The molecule has 0 aliphatic carbocycles. The number of rotatable bonds is 4. The summed E-state index contributed by atoms with van der Waals surface area (Å²) in [4.78, 5) is 22.8. The summed E-state index contributed by atoms with van der Waals surface area (Å²) in [6.07, 6.45) is 0.645. The van der Waals surface area contributed by atoms with Gasteiger partial charge in [0, 0.05) is 6.61 Å². The van der Waals surface area contributed by atoms with Crippen LogP contribution in [0.1, 0.15) is 34.1 Å². The summed E-state index contributed by atoms with van der Waals surface area (Å²) in [7, 11) is 0. The monoisotopic (exact) mass is 258 g/mol. The fraction of sp³-hybridized carbons (Fsp3) is 0.833. The summed E-state index contributed by atoms with van der Waals surface area (Å²) in [5.41, 5.74) is -0.440. The molecule has 6 heteroatoms. The minimum absolute atomic E-state index is 0.0782. The van der Waals surface area contributed by atoms with Crippen molar-refractivity contribution in [2.45, 2.75) is 51.8 Å². The lowest BCUT2D eigenvalue weighted by Crippen LogP contribution is -2.57. The molecule has 0 radical (unpaired) electrons. The smallest absolute Gasteiger partial charge is 0.326 e. The van der Waals surface area contributed by atoms with E-state index in [-0.39, 0.29) is 12.0 Å². The van der Waals surface area contributed by atoms with Gasteiger partial charge in [0.25, 0.3) is 0 Å². The minimum Gasteiger partial charge on any atom is -0.480 e. The maximum atomic E-state index is 11.8. The highest BCUT2D eigenvalue weighted by Gasteiger charge is 2.39. The molecule has 18 heavy (non-hydrogen) atoms. The van der Waals surface area contributed by atoms with Gasteiger partial charge >= 0.3 is 12.0 Å². The highest BCUT2D eigenvalue weighted by atomic mass is 16.5. The van der Waals surface area contributed by atoms with E-state index in [1.807, 2.05) is 13.8 Å². The Morgan fingerprint density at radius 2 is 2.06 bits per heavy atom. The van der Waals surface area contributed by atoms with Gasteiger partial charge in [-0.25, -0.2) is 9.59 Å². The molecule has 0 aromatic carbocycles. The summed E-state index contributed by atoms with van der Waals surface area (Å²) in [5, 5.41) is 14.3. The molecule has 1 fully saturated rings. The number of carbonyl (C=O) groups is 2. The van der Waals surface area contributed by atoms with Crippen LogP contribution in [0.4, 0.5) is 4.79 Å². The molecule has 1 aliphatic rings. The van der Waals surface area contributed by atoms with E-state index >= 15 is 0 Å². The maximum Gasteiger partial charge on any atom is 0.326 e. The van der Waals surface area contributed by atoms with E-state index in [1.54, 1.807) is 13.8 Å². The fourth-order valence-electron chi connectivity index (χ4n) is 1.95. The van der Waals surface area contributed by atoms with Gasteiger partial charge < -0.3 is 20.5 Å². The Hall–Kier alpha value is -1.30. The third-order valence-corrected chi connectivity index (χ3v) is 3.50. The second-order valence-corrected chi connectivity index (χ2v) is 5.34. The highest BCUT2D eigenvalue weighted by molar-refractivity contribution is 5.83. The van der Waals surface area contributed by atoms with Gasteiger partial charge in [-0.1, -0.05) is 13.8 Å². The lowest BCUT2D eigenvalue weighted by atomic mass is 9.95. The summed E-state index contributed by atoms with van der Waals surface area (Å²) in [6.45, 7) is 7.90. The molecule has 0 aromatic heterocycles. The Balaban J connectivity index is 2.58. The van der Waals surface area contributed by atoms with E-state index in [1.165, 1.54) is 0 Å². The van der Waals surface area contributed by atoms with Crippen LogP contribution in [0.2, 0.25) is 0 Å². The number of nitrogens with one attached hydrogen (secondary N) is 2. The molecular formula is C12H22N2O4. The van der Waals surface area contributed by atoms with Gasteiger partial charge in [-0.3, -0.25) is 0 Å². The maximum absolute atomic E-state index is 11.8. The Kier molecular flexibility index (Phi) is 4.56. The normalized spacial score (nSPS) is 29.1. The fourth-order valence-corrected chi connectivity index (χ4v) is 1.95. The summed E-state index contributed by atoms with van der Waals surface area (Å²) < 4.78 is 5.41. The highest BCUT2D eigenvalue weighted by Crippen LogP contribution is 2.24. The number of carboxylic acids is 1. The van der Waals surface area contributed by atoms with Crippen LogP contribution in [0.5, 0.6) is 0 Å². The first-order valence-corrected chi connectivity index (χ1v) is 6.19. The molecule has 3 atom stereocenters. The van der Waals surface area contributed by atoms with E-state index in [4.69, 9.17) is 9.84 Å². The summed E-state index contributed by atoms with van der Waals surface area (Å²) in [5.74, 6) is -1.20. The molecule has 0 bridgehead atoms. The molecule has 2 amide bonds. The number of urea groups is 1. The molecular weight excluding hydrogens is 236 g/mol. The number of amides is 2.